The zero-order chi connectivity index (χ0) is 16.1. The number of aromatic nitrogens is 2. The highest BCUT2D eigenvalue weighted by molar-refractivity contribution is 5.94. The second kappa shape index (κ2) is 4.81. The van der Waals surface area contributed by atoms with Crippen molar-refractivity contribution in [2.45, 2.75) is 24.4 Å². The van der Waals surface area contributed by atoms with Crippen LogP contribution in [0.5, 0.6) is 0 Å². The molecular weight excluding hydrogens is 298 g/mol. The van der Waals surface area contributed by atoms with E-state index in [-0.39, 0.29) is 17.5 Å². The molecule has 118 valence electrons. The number of imidazole rings is 1. The van der Waals surface area contributed by atoms with Gasteiger partial charge in [0.05, 0.1) is 23.8 Å². The van der Waals surface area contributed by atoms with Gasteiger partial charge in [0, 0.05) is 17.2 Å². The third-order valence-electron chi connectivity index (χ3n) is 5.34. The van der Waals surface area contributed by atoms with Crippen molar-refractivity contribution in [2.75, 3.05) is 0 Å². The highest BCUT2D eigenvalue weighted by Gasteiger charge is 2.52. The average Bonchev–Trinajstić information content (AvgIpc) is 3.16. The van der Waals surface area contributed by atoms with E-state index in [1.807, 2.05) is 42.9 Å². The molecule has 0 unspecified atom stereocenters. The number of fused-ring (bicyclic) bond motifs is 5. The Bertz CT molecular complexity index is 923. The summed E-state index contributed by atoms with van der Waals surface area (Å²) in [5.74, 6) is 0.00702. The number of benzene rings is 2. The zero-order valence-corrected chi connectivity index (χ0v) is 13.1. The first-order valence-corrected chi connectivity index (χ1v) is 8.26. The third kappa shape index (κ3) is 1.74. The second-order valence-electron chi connectivity index (χ2n) is 6.67. The first kappa shape index (κ1) is 13.5. The van der Waals surface area contributed by atoms with Gasteiger partial charge in [-0.3, -0.25) is 4.79 Å². The number of nitrogens with one attached hydrogen (secondary N) is 1. The third-order valence-corrected chi connectivity index (χ3v) is 5.34. The fourth-order valence-electron chi connectivity index (χ4n) is 4.21. The molecule has 24 heavy (non-hydrogen) atoms. The molecule has 1 amide bonds. The van der Waals surface area contributed by atoms with Gasteiger partial charge >= 0.3 is 0 Å². The van der Waals surface area contributed by atoms with Crippen LogP contribution in [0.25, 0.3) is 11.3 Å². The SMILES string of the molecule is O=C(NC1CC2(C1)c1ccccc1-c1cncn12)c1ccccc1. The molecule has 2 aliphatic rings. The molecule has 0 atom stereocenters. The van der Waals surface area contributed by atoms with Crippen molar-refractivity contribution in [2.24, 2.45) is 0 Å². The van der Waals surface area contributed by atoms with E-state index in [1.54, 1.807) is 0 Å². The number of amides is 1. The van der Waals surface area contributed by atoms with Crippen molar-refractivity contribution in [3.05, 3.63) is 78.2 Å². The van der Waals surface area contributed by atoms with Gasteiger partial charge < -0.3 is 9.88 Å². The van der Waals surface area contributed by atoms with E-state index >= 15 is 0 Å². The fraction of sp³-hybridized carbons (Fsp3) is 0.200. The van der Waals surface area contributed by atoms with Gasteiger partial charge in [0.1, 0.15) is 0 Å². The molecule has 1 spiro atoms. The topological polar surface area (TPSA) is 46.9 Å². The molecule has 1 fully saturated rings. The molecule has 0 bridgehead atoms. The molecule has 2 heterocycles. The van der Waals surface area contributed by atoms with E-state index in [4.69, 9.17) is 0 Å². The van der Waals surface area contributed by atoms with Crippen LogP contribution in [0.1, 0.15) is 28.8 Å². The largest absolute Gasteiger partial charge is 0.349 e. The highest BCUT2D eigenvalue weighted by Crippen LogP contribution is 2.54. The number of hydrogen-bond acceptors (Lipinski definition) is 2. The number of carbonyl (C=O) groups excluding carboxylic acids is 1. The van der Waals surface area contributed by atoms with Gasteiger partial charge in [0.15, 0.2) is 0 Å². The van der Waals surface area contributed by atoms with Crippen LogP contribution in [-0.4, -0.2) is 21.5 Å². The Morgan fingerprint density at radius 1 is 1.08 bits per heavy atom. The van der Waals surface area contributed by atoms with Crippen molar-refractivity contribution in [1.82, 2.24) is 14.9 Å². The predicted octanol–water partition coefficient (Wildman–Crippen LogP) is 3.20. The minimum Gasteiger partial charge on any atom is -0.349 e. The summed E-state index contributed by atoms with van der Waals surface area (Å²) in [6.45, 7) is 0. The highest BCUT2D eigenvalue weighted by atomic mass is 16.1. The lowest BCUT2D eigenvalue weighted by atomic mass is 9.68. The lowest BCUT2D eigenvalue weighted by molar-refractivity contribution is 0.0836. The zero-order valence-electron chi connectivity index (χ0n) is 13.1. The molecule has 2 aromatic carbocycles. The van der Waals surface area contributed by atoms with Crippen molar-refractivity contribution in [3.8, 4) is 11.3 Å². The molecule has 1 saturated carbocycles. The van der Waals surface area contributed by atoms with E-state index in [0.29, 0.717) is 5.56 Å². The number of hydrogen-bond donors (Lipinski definition) is 1. The summed E-state index contributed by atoms with van der Waals surface area (Å²) in [4.78, 5) is 16.7. The van der Waals surface area contributed by atoms with Gasteiger partial charge in [-0.05, 0) is 30.5 Å². The molecule has 0 radical (unpaired) electrons. The van der Waals surface area contributed by atoms with Crippen LogP contribution in [0.4, 0.5) is 0 Å². The van der Waals surface area contributed by atoms with Gasteiger partial charge in [-0.25, -0.2) is 4.98 Å². The van der Waals surface area contributed by atoms with Crippen LogP contribution in [0.3, 0.4) is 0 Å². The Morgan fingerprint density at radius 2 is 1.83 bits per heavy atom. The Kier molecular flexibility index (Phi) is 2.71. The molecule has 1 N–H and O–H groups in total. The van der Waals surface area contributed by atoms with Crippen LogP contribution in [0, 0.1) is 0 Å². The van der Waals surface area contributed by atoms with Gasteiger partial charge in [0.25, 0.3) is 5.91 Å². The van der Waals surface area contributed by atoms with Crippen LogP contribution in [0.15, 0.2) is 67.1 Å². The Hall–Kier alpha value is -2.88. The van der Waals surface area contributed by atoms with Gasteiger partial charge in [-0.1, -0.05) is 42.5 Å². The maximum absolute atomic E-state index is 12.4. The van der Waals surface area contributed by atoms with E-state index in [2.05, 4.69) is 39.1 Å². The molecule has 1 aliphatic carbocycles. The summed E-state index contributed by atoms with van der Waals surface area (Å²) in [6.07, 6.45) is 5.67. The first-order valence-electron chi connectivity index (χ1n) is 8.26. The number of rotatable bonds is 2. The average molecular weight is 315 g/mol. The Labute approximate surface area is 140 Å². The quantitative estimate of drug-likeness (QED) is 0.789. The van der Waals surface area contributed by atoms with E-state index in [9.17, 15) is 4.79 Å². The van der Waals surface area contributed by atoms with Crippen LogP contribution < -0.4 is 5.32 Å². The summed E-state index contributed by atoms with van der Waals surface area (Å²) >= 11 is 0. The van der Waals surface area contributed by atoms with E-state index in [1.165, 1.54) is 16.8 Å². The summed E-state index contributed by atoms with van der Waals surface area (Å²) in [5, 5.41) is 3.16. The molecule has 4 heteroatoms. The molecule has 5 rings (SSSR count). The Morgan fingerprint density at radius 3 is 2.67 bits per heavy atom. The maximum Gasteiger partial charge on any atom is 0.251 e. The normalized spacial score (nSPS) is 23.4. The van der Waals surface area contributed by atoms with E-state index < -0.39 is 0 Å². The van der Waals surface area contributed by atoms with Crippen LogP contribution in [0.2, 0.25) is 0 Å². The summed E-state index contributed by atoms with van der Waals surface area (Å²) < 4.78 is 2.28. The van der Waals surface area contributed by atoms with Crippen molar-refractivity contribution >= 4 is 5.91 Å². The van der Waals surface area contributed by atoms with Crippen molar-refractivity contribution in [3.63, 3.8) is 0 Å². The minimum absolute atomic E-state index is 0.00702. The van der Waals surface area contributed by atoms with E-state index in [0.717, 1.165) is 12.8 Å². The molecule has 0 saturated heterocycles. The van der Waals surface area contributed by atoms with Gasteiger partial charge in [-0.15, -0.1) is 0 Å². The molecule has 4 nitrogen and oxygen atoms in total. The molecule has 1 aliphatic heterocycles. The van der Waals surface area contributed by atoms with Crippen molar-refractivity contribution in [1.29, 1.82) is 0 Å². The number of carbonyl (C=O) groups is 1. The lowest BCUT2D eigenvalue weighted by Crippen LogP contribution is -2.55. The smallest absolute Gasteiger partial charge is 0.251 e. The van der Waals surface area contributed by atoms with Gasteiger partial charge in [0.2, 0.25) is 0 Å². The second-order valence-corrected chi connectivity index (χ2v) is 6.67. The first-order chi connectivity index (χ1) is 11.8. The minimum atomic E-state index is -0.0446. The predicted molar refractivity (Wildman–Crippen MR) is 91.7 cm³/mol. The van der Waals surface area contributed by atoms with Crippen LogP contribution in [-0.2, 0) is 5.54 Å². The summed E-state index contributed by atoms with van der Waals surface area (Å²) in [7, 11) is 0. The van der Waals surface area contributed by atoms with Crippen molar-refractivity contribution < 1.29 is 4.79 Å². The lowest BCUT2D eigenvalue weighted by Gasteiger charge is -2.47. The molecule has 1 aromatic heterocycles. The monoisotopic (exact) mass is 315 g/mol. The number of nitrogens with zero attached hydrogens (tertiary/aromatic N) is 2. The molecule has 3 aromatic rings. The molecular formula is C20H17N3O. The maximum atomic E-state index is 12.4. The summed E-state index contributed by atoms with van der Waals surface area (Å²) in [5.41, 5.74) is 4.47. The standard InChI is InChI=1S/C20H17N3O/c24-19(14-6-2-1-3-7-14)22-15-10-20(11-15)17-9-5-4-8-16(17)18-12-21-13-23(18)20/h1-9,12-13,15H,10-11H2,(H,22,24). The van der Waals surface area contributed by atoms with Crippen LogP contribution >= 0.6 is 0 Å². The fourth-order valence-corrected chi connectivity index (χ4v) is 4.21. The summed E-state index contributed by atoms with van der Waals surface area (Å²) in [6, 6.07) is 18.1. The van der Waals surface area contributed by atoms with Gasteiger partial charge in [-0.2, -0.15) is 0 Å². The Balaban J connectivity index is 1.41.